The molecule has 0 radical (unpaired) electrons. The van der Waals surface area contributed by atoms with Crippen molar-refractivity contribution in [1.82, 2.24) is 0 Å². The van der Waals surface area contributed by atoms with Crippen LogP contribution in [-0.2, 0) is 0 Å². The first-order valence-electron chi connectivity index (χ1n) is 8.76. The van der Waals surface area contributed by atoms with E-state index < -0.39 is 0 Å². The molecule has 0 aromatic heterocycles. The minimum Gasteiger partial charge on any atom is -0.323 e. The molecular formula is C17H33N2+. The Morgan fingerprint density at radius 1 is 1.05 bits per heavy atom. The fraction of sp³-hybridized carbons (Fsp3) is 1.00. The van der Waals surface area contributed by atoms with Crippen molar-refractivity contribution in [3.63, 3.8) is 0 Å². The van der Waals surface area contributed by atoms with Crippen molar-refractivity contribution in [3.05, 3.63) is 0 Å². The van der Waals surface area contributed by atoms with Crippen molar-refractivity contribution >= 4 is 0 Å². The van der Waals surface area contributed by atoms with E-state index in [1.165, 1.54) is 68.9 Å². The zero-order valence-electron chi connectivity index (χ0n) is 13.0. The average molecular weight is 265 g/mol. The third kappa shape index (κ3) is 2.71. The molecule has 2 heteroatoms. The highest BCUT2D eigenvalue weighted by atomic mass is 15.4. The van der Waals surface area contributed by atoms with E-state index in [0.717, 1.165) is 23.9 Å². The van der Waals surface area contributed by atoms with Crippen LogP contribution in [0.1, 0.15) is 65.2 Å². The lowest BCUT2D eigenvalue weighted by Gasteiger charge is -2.56. The van der Waals surface area contributed by atoms with Gasteiger partial charge in [-0.2, -0.15) is 0 Å². The lowest BCUT2D eigenvalue weighted by Crippen LogP contribution is -2.68. The Bertz CT molecular complexity index is 306. The maximum atomic E-state index is 6.47. The zero-order chi connectivity index (χ0) is 13.5. The van der Waals surface area contributed by atoms with E-state index in [1.54, 1.807) is 0 Å². The SMILES string of the molecule is CCCCC1CC(N)C[N+](C2CC2)(C2CC(C)C2)C1. The summed E-state index contributed by atoms with van der Waals surface area (Å²) in [6.45, 7) is 7.51. The van der Waals surface area contributed by atoms with Crippen LogP contribution in [0.5, 0.6) is 0 Å². The highest BCUT2D eigenvalue weighted by Gasteiger charge is 2.55. The van der Waals surface area contributed by atoms with E-state index >= 15 is 0 Å². The quantitative estimate of drug-likeness (QED) is 0.758. The molecule has 2 aliphatic carbocycles. The monoisotopic (exact) mass is 265 g/mol. The molecule has 0 spiro atoms. The number of hydrogen-bond acceptors (Lipinski definition) is 1. The molecule has 3 rings (SSSR count). The van der Waals surface area contributed by atoms with Crippen molar-refractivity contribution in [2.45, 2.75) is 83.3 Å². The number of hydrogen-bond donors (Lipinski definition) is 1. The lowest BCUT2D eigenvalue weighted by molar-refractivity contribution is -0.975. The molecule has 3 atom stereocenters. The normalized spacial score (nSPS) is 46.9. The molecule has 3 aliphatic rings. The fourth-order valence-corrected chi connectivity index (χ4v) is 5.03. The second-order valence-electron chi connectivity index (χ2n) is 7.93. The molecule has 1 aliphatic heterocycles. The van der Waals surface area contributed by atoms with Gasteiger partial charge in [-0.3, -0.25) is 0 Å². The summed E-state index contributed by atoms with van der Waals surface area (Å²) in [5.74, 6) is 1.89. The van der Waals surface area contributed by atoms with Gasteiger partial charge >= 0.3 is 0 Å². The Morgan fingerprint density at radius 2 is 1.79 bits per heavy atom. The predicted octanol–water partition coefficient (Wildman–Crippen LogP) is 3.30. The molecule has 1 heterocycles. The third-order valence-corrected chi connectivity index (χ3v) is 6.12. The van der Waals surface area contributed by atoms with Crippen LogP contribution in [-0.4, -0.2) is 35.7 Å². The zero-order valence-corrected chi connectivity index (χ0v) is 13.0. The molecule has 2 saturated carbocycles. The Morgan fingerprint density at radius 3 is 2.37 bits per heavy atom. The van der Waals surface area contributed by atoms with E-state index in [4.69, 9.17) is 5.73 Å². The van der Waals surface area contributed by atoms with Gasteiger partial charge in [0.25, 0.3) is 0 Å². The number of nitrogens with zero attached hydrogens (tertiary/aromatic N) is 1. The van der Waals surface area contributed by atoms with E-state index in [2.05, 4.69) is 13.8 Å². The summed E-state index contributed by atoms with van der Waals surface area (Å²) in [4.78, 5) is 0. The highest BCUT2D eigenvalue weighted by molar-refractivity contribution is 4.89. The van der Waals surface area contributed by atoms with Gasteiger partial charge in [0.1, 0.15) is 0 Å². The minimum atomic E-state index is 0.479. The summed E-state index contributed by atoms with van der Waals surface area (Å²) in [6.07, 6.45) is 11.4. The summed E-state index contributed by atoms with van der Waals surface area (Å²) in [5.41, 5.74) is 6.47. The second kappa shape index (κ2) is 5.37. The number of quaternary nitrogens is 1. The molecule has 0 aromatic carbocycles. The first-order valence-corrected chi connectivity index (χ1v) is 8.76. The largest absolute Gasteiger partial charge is 0.323 e. The third-order valence-electron chi connectivity index (χ3n) is 6.12. The van der Waals surface area contributed by atoms with Crippen molar-refractivity contribution in [2.24, 2.45) is 17.6 Å². The van der Waals surface area contributed by atoms with Crippen LogP contribution in [0.25, 0.3) is 0 Å². The van der Waals surface area contributed by atoms with Crippen molar-refractivity contribution < 1.29 is 4.48 Å². The summed E-state index contributed by atoms with van der Waals surface area (Å²) in [7, 11) is 0. The van der Waals surface area contributed by atoms with Crippen LogP contribution in [0.4, 0.5) is 0 Å². The smallest absolute Gasteiger partial charge is 0.0944 e. The van der Waals surface area contributed by atoms with Gasteiger partial charge in [-0.05, 0) is 18.8 Å². The molecule has 1 saturated heterocycles. The Labute approximate surface area is 119 Å². The molecule has 0 aromatic rings. The number of nitrogens with two attached hydrogens (primary N) is 1. The van der Waals surface area contributed by atoms with E-state index in [9.17, 15) is 0 Å². The summed E-state index contributed by atoms with van der Waals surface area (Å²) in [5, 5.41) is 0. The Balaban J connectivity index is 1.70. The molecule has 2 N–H and O–H groups in total. The molecule has 3 fully saturated rings. The topological polar surface area (TPSA) is 26.0 Å². The van der Waals surface area contributed by atoms with Gasteiger partial charge in [0, 0.05) is 31.6 Å². The molecule has 0 amide bonds. The fourth-order valence-electron chi connectivity index (χ4n) is 5.03. The van der Waals surface area contributed by atoms with Crippen LogP contribution in [0.15, 0.2) is 0 Å². The number of unbranched alkanes of at least 4 members (excludes halogenated alkanes) is 1. The van der Waals surface area contributed by atoms with Gasteiger partial charge in [0.2, 0.25) is 0 Å². The maximum absolute atomic E-state index is 6.47. The Hall–Kier alpha value is -0.0800. The van der Waals surface area contributed by atoms with E-state index in [1.807, 2.05) is 0 Å². The minimum absolute atomic E-state index is 0.479. The summed E-state index contributed by atoms with van der Waals surface area (Å²) in [6, 6.07) is 2.44. The first kappa shape index (κ1) is 13.9. The number of rotatable bonds is 5. The van der Waals surface area contributed by atoms with Crippen LogP contribution in [0, 0.1) is 11.8 Å². The van der Waals surface area contributed by atoms with Gasteiger partial charge in [-0.1, -0.05) is 26.7 Å². The molecule has 110 valence electrons. The van der Waals surface area contributed by atoms with Gasteiger partial charge in [0.15, 0.2) is 0 Å². The van der Waals surface area contributed by atoms with Crippen molar-refractivity contribution in [2.75, 3.05) is 13.1 Å². The predicted molar refractivity (Wildman–Crippen MR) is 80.8 cm³/mol. The van der Waals surface area contributed by atoms with E-state index in [-0.39, 0.29) is 0 Å². The molecule has 0 bridgehead atoms. The van der Waals surface area contributed by atoms with Gasteiger partial charge in [-0.15, -0.1) is 0 Å². The molecule has 3 unspecified atom stereocenters. The number of likely N-dealkylation sites (tertiary alicyclic amines) is 1. The first-order chi connectivity index (χ1) is 9.14. The highest BCUT2D eigenvalue weighted by Crippen LogP contribution is 2.47. The van der Waals surface area contributed by atoms with Crippen LogP contribution in [0.3, 0.4) is 0 Å². The molecule has 2 nitrogen and oxygen atoms in total. The second-order valence-corrected chi connectivity index (χ2v) is 7.93. The van der Waals surface area contributed by atoms with E-state index in [0.29, 0.717) is 6.04 Å². The standard InChI is InChI=1S/C17H33N2/c1-3-4-5-14-10-15(18)12-19(11-14,16-6-7-16)17-8-13(2)9-17/h13-17H,3-12,18H2,1-2H3/q+1. The van der Waals surface area contributed by atoms with Gasteiger partial charge in [0.05, 0.1) is 31.2 Å². The van der Waals surface area contributed by atoms with Crippen LogP contribution >= 0.6 is 0 Å². The van der Waals surface area contributed by atoms with Gasteiger partial charge < -0.3 is 10.2 Å². The summed E-state index contributed by atoms with van der Waals surface area (Å²) < 4.78 is 1.44. The van der Waals surface area contributed by atoms with Crippen LogP contribution in [0.2, 0.25) is 0 Å². The molecule has 19 heavy (non-hydrogen) atoms. The van der Waals surface area contributed by atoms with Crippen molar-refractivity contribution in [1.29, 1.82) is 0 Å². The number of piperidine rings is 1. The molecular weight excluding hydrogens is 232 g/mol. The average Bonchev–Trinajstić information content (AvgIpc) is 3.16. The van der Waals surface area contributed by atoms with Gasteiger partial charge in [-0.25, -0.2) is 0 Å². The summed E-state index contributed by atoms with van der Waals surface area (Å²) >= 11 is 0. The van der Waals surface area contributed by atoms with Crippen LogP contribution < -0.4 is 5.73 Å². The lowest BCUT2D eigenvalue weighted by atomic mass is 9.76. The maximum Gasteiger partial charge on any atom is 0.0944 e. The Kier molecular flexibility index (Phi) is 3.92. The van der Waals surface area contributed by atoms with Crippen molar-refractivity contribution in [3.8, 4) is 0 Å².